The van der Waals surface area contributed by atoms with Crippen molar-refractivity contribution in [3.8, 4) is 0 Å². The number of carboxylic acid groups (broad SMARTS) is 1. The minimum absolute atomic E-state index is 0.512. The Morgan fingerprint density at radius 1 is 1.15 bits per heavy atom. The summed E-state index contributed by atoms with van der Waals surface area (Å²) in [6.07, 6.45) is 1.40. The minimum Gasteiger partial charge on any atom is -0.481 e. The largest absolute Gasteiger partial charge is 0.481 e. The van der Waals surface area contributed by atoms with E-state index in [0.29, 0.717) is 24.8 Å². The van der Waals surface area contributed by atoms with Crippen molar-refractivity contribution in [1.29, 1.82) is 0 Å². The fourth-order valence-electron chi connectivity index (χ4n) is 3.12. The number of hydrogen-bond acceptors (Lipinski definition) is 2. The van der Waals surface area contributed by atoms with Gasteiger partial charge >= 0.3 is 5.97 Å². The lowest BCUT2D eigenvalue weighted by Gasteiger charge is -2.42. The highest BCUT2D eigenvalue weighted by Crippen LogP contribution is 2.36. The standard InChI is InChI=1S/C17H25NO2/c1-13(2)14(3)18-11-9-17(10-12-18,16(19)20)15-7-5-4-6-8-15/h4-8,13-14H,9-12H2,1-3H3,(H,19,20). The maximum atomic E-state index is 11.9. The zero-order valence-electron chi connectivity index (χ0n) is 12.7. The van der Waals surface area contributed by atoms with Gasteiger partial charge in [0.25, 0.3) is 0 Å². The molecule has 3 heteroatoms. The average molecular weight is 275 g/mol. The van der Waals surface area contributed by atoms with Crippen LogP contribution in [0.1, 0.15) is 39.2 Å². The third kappa shape index (κ3) is 2.73. The summed E-state index contributed by atoms with van der Waals surface area (Å²) in [6.45, 7) is 8.41. The third-order valence-electron chi connectivity index (χ3n) is 4.93. The molecule has 0 amide bonds. The van der Waals surface area contributed by atoms with Crippen LogP contribution in [-0.4, -0.2) is 35.1 Å². The molecule has 1 unspecified atom stereocenters. The third-order valence-corrected chi connectivity index (χ3v) is 4.93. The van der Waals surface area contributed by atoms with E-state index in [0.717, 1.165) is 18.7 Å². The number of carboxylic acids is 1. The molecular weight excluding hydrogens is 250 g/mol. The van der Waals surface area contributed by atoms with E-state index < -0.39 is 11.4 Å². The molecule has 1 aliphatic heterocycles. The maximum Gasteiger partial charge on any atom is 0.314 e. The van der Waals surface area contributed by atoms with Gasteiger partial charge in [-0.2, -0.15) is 0 Å². The molecule has 1 aromatic carbocycles. The topological polar surface area (TPSA) is 40.5 Å². The Morgan fingerprint density at radius 2 is 1.70 bits per heavy atom. The molecule has 0 spiro atoms. The van der Waals surface area contributed by atoms with Gasteiger partial charge in [-0.3, -0.25) is 4.79 Å². The van der Waals surface area contributed by atoms with Gasteiger partial charge in [-0.15, -0.1) is 0 Å². The first-order valence-corrected chi connectivity index (χ1v) is 7.50. The Balaban J connectivity index is 2.17. The second-order valence-corrected chi connectivity index (χ2v) is 6.27. The quantitative estimate of drug-likeness (QED) is 0.917. The number of aliphatic carboxylic acids is 1. The summed E-state index contributed by atoms with van der Waals surface area (Å²) in [4.78, 5) is 14.3. The Kier molecular flexibility index (Phi) is 4.48. The van der Waals surface area contributed by atoms with Crippen LogP contribution in [0.15, 0.2) is 30.3 Å². The second kappa shape index (κ2) is 5.96. The lowest BCUT2D eigenvalue weighted by atomic mass is 9.72. The smallest absolute Gasteiger partial charge is 0.314 e. The maximum absolute atomic E-state index is 11.9. The molecular formula is C17H25NO2. The number of carbonyl (C=O) groups is 1. The van der Waals surface area contributed by atoms with E-state index in [1.54, 1.807) is 0 Å². The molecule has 1 fully saturated rings. The summed E-state index contributed by atoms with van der Waals surface area (Å²) >= 11 is 0. The molecule has 1 saturated heterocycles. The van der Waals surface area contributed by atoms with Gasteiger partial charge in [-0.1, -0.05) is 44.2 Å². The van der Waals surface area contributed by atoms with Crippen LogP contribution in [0.25, 0.3) is 0 Å². The van der Waals surface area contributed by atoms with Crippen molar-refractivity contribution in [2.24, 2.45) is 5.92 Å². The number of hydrogen-bond donors (Lipinski definition) is 1. The van der Waals surface area contributed by atoms with Crippen molar-refractivity contribution in [2.45, 2.75) is 45.1 Å². The number of piperidine rings is 1. The van der Waals surface area contributed by atoms with Gasteiger partial charge in [0.05, 0.1) is 5.41 Å². The monoisotopic (exact) mass is 275 g/mol. The highest BCUT2D eigenvalue weighted by molar-refractivity contribution is 5.81. The van der Waals surface area contributed by atoms with Crippen molar-refractivity contribution in [1.82, 2.24) is 4.90 Å². The molecule has 0 saturated carbocycles. The lowest BCUT2D eigenvalue weighted by molar-refractivity contribution is -0.146. The SMILES string of the molecule is CC(C)C(C)N1CCC(C(=O)O)(c2ccccc2)CC1. The van der Waals surface area contributed by atoms with Crippen LogP contribution >= 0.6 is 0 Å². The summed E-state index contributed by atoms with van der Waals surface area (Å²) in [6, 6.07) is 10.2. The van der Waals surface area contributed by atoms with Gasteiger partial charge < -0.3 is 10.0 Å². The number of rotatable bonds is 4. The van der Waals surface area contributed by atoms with E-state index >= 15 is 0 Å². The van der Waals surface area contributed by atoms with E-state index in [-0.39, 0.29) is 0 Å². The molecule has 0 aromatic heterocycles. The van der Waals surface area contributed by atoms with Crippen molar-refractivity contribution in [3.63, 3.8) is 0 Å². The van der Waals surface area contributed by atoms with Gasteiger partial charge in [0.15, 0.2) is 0 Å². The molecule has 1 aromatic rings. The van der Waals surface area contributed by atoms with E-state index in [1.807, 2.05) is 30.3 Å². The van der Waals surface area contributed by atoms with Crippen molar-refractivity contribution >= 4 is 5.97 Å². The van der Waals surface area contributed by atoms with Crippen LogP contribution in [0.3, 0.4) is 0 Å². The molecule has 0 radical (unpaired) electrons. The second-order valence-electron chi connectivity index (χ2n) is 6.27. The zero-order valence-corrected chi connectivity index (χ0v) is 12.7. The van der Waals surface area contributed by atoms with Crippen molar-refractivity contribution in [2.75, 3.05) is 13.1 Å². The normalized spacial score (nSPS) is 20.8. The Labute approximate surface area is 121 Å². The Hall–Kier alpha value is -1.35. The highest BCUT2D eigenvalue weighted by atomic mass is 16.4. The van der Waals surface area contributed by atoms with Crippen LogP contribution in [-0.2, 0) is 10.2 Å². The Morgan fingerprint density at radius 3 is 2.15 bits per heavy atom. The fourth-order valence-corrected chi connectivity index (χ4v) is 3.12. The van der Waals surface area contributed by atoms with Gasteiger partial charge in [0, 0.05) is 6.04 Å². The predicted molar refractivity (Wildman–Crippen MR) is 80.9 cm³/mol. The van der Waals surface area contributed by atoms with Crippen molar-refractivity contribution in [3.05, 3.63) is 35.9 Å². The number of nitrogens with zero attached hydrogens (tertiary/aromatic N) is 1. The summed E-state index contributed by atoms with van der Waals surface area (Å²) in [5.41, 5.74) is 0.249. The minimum atomic E-state index is -0.700. The molecule has 1 aliphatic rings. The zero-order chi connectivity index (χ0) is 14.8. The van der Waals surface area contributed by atoms with E-state index in [1.165, 1.54) is 0 Å². The van der Waals surface area contributed by atoms with Crippen molar-refractivity contribution < 1.29 is 9.90 Å². The van der Waals surface area contributed by atoms with Gasteiger partial charge in [0.1, 0.15) is 0 Å². The van der Waals surface area contributed by atoms with Crippen LogP contribution in [0.4, 0.5) is 0 Å². The molecule has 1 atom stereocenters. The molecule has 3 nitrogen and oxygen atoms in total. The van der Waals surface area contributed by atoms with Crippen LogP contribution < -0.4 is 0 Å². The number of benzene rings is 1. The highest BCUT2D eigenvalue weighted by Gasteiger charge is 2.43. The van der Waals surface area contributed by atoms with Crippen LogP contribution in [0, 0.1) is 5.92 Å². The molecule has 0 aliphatic carbocycles. The van der Waals surface area contributed by atoms with E-state index in [9.17, 15) is 9.90 Å². The van der Waals surface area contributed by atoms with Crippen LogP contribution in [0.2, 0.25) is 0 Å². The predicted octanol–water partition coefficient (Wildman–Crippen LogP) is 3.15. The molecule has 1 N–H and O–H groups in total. The summed E-state index contributed by atoms with van der Waals surface area (Å²) < 4.78 is 0. The molecule has 110 valence electrons. The van der Waals surface area contributed by atoms with Gasteiger partial charge in [-0.05, 0) is 44.3 Å². The van der Waals surface area contributed by atoms with E-state index in [4.69, 9.17) is 0 Å². The Bertz CT molecular complexity index is 447. The molecule has 1 heterocycles. The van der Waals surface area contributed by atoms with Gasteiger partial charge in [-0.25, -0.2) is 0 Å². The summed E-state index contributed by atoms with van der Waals surface area (Å²) in [5.74, 6) is -0.0791. The molecule has 0 bridgehead atoms. The number of likely N-dealkylation sites (tertiary alicyclic amines) is 1. The fraction of sp³-hybridized carbons (Fsp3) is 0.588. The molecule has 20 heavy (non-hydrogen) atoms. The average Bonchev–Trinajstić information content (AvgIpc) is 2.47. The first-order chi connectivity index (χ1) is 9.47. The first-order valence-electron chi connectivity index (χ1n) is 7.50. The first kappa shape index (κ1) is 15.0. The van der Waals surface area contributed by atoms with E-state index in [2.05, 4.69) is 25.7 Å². The van der Waals surface area contributed by atoms with Crippen LogP contribution in [0.5, 0.6) is 0 Å². The van der Waals surface area contributed by atoms with Gasteiger partial charge in [0.2, 0.25) is 0 Å². The molecule has 2 rings (SSSR count). The summed E-state index contributed by atoms with van der Waals surface area (Å²) in [7, 11) is 0. The summed E-state index contributed by atoms with van der Waals surface area (Å²) in [5, 5.41) is 9.76. The lowest BCUT2D eigenvalue weighted by Crippen LogP contribution is -2.50.